The van der Waals surface area contributed by atoms with Crippen LogP contribution in [-0.4, -0.2) is 29.4 Å². The first-order valence-corrected chi connectivity index (χ1v) is 9.37. The summed E-state index contributed by atoms with van der Waals surface area (Å²) in [6.07, 6.45) is 5.68. The van der Waals surface area contributed by atoms with Crippen molar-refractivity contribution in [3.8, 4) is 0 Å². The van der Waals surface area contributed by atoms with Crippen LogP contribution in [0.2, 0.25) is 0 Å². The lowest BCUT2D eigenvalue weighted by Crippen LogP contribution is -2.59. The molecule has 142 valence electrons. The molecule has 0 spiro atoms. The highest BCUT2D eigenvalue weighted by molar-refractivity contribution is 7.82. The summed E-state index contributed by atoms with van der Waals surface area (Å²) in [4.78, 5) is 23.9. The molecule has 0 heterocycles. The van der Waals surface area contributed by atoms with Gasteiger partial charge in [0, 0.05) is 0 Å². The molecule has 4 saturated carbocycles. The van der Waals surface area contributed by atoms with E-state index in [1.165, 1.54) is 6.42 Å². The van der Waals surface area contributed by atoms with Crippen molar-refractivity contribution in [1.82, 2.24) is 0 Å². The van der Waals surface area contributed by atoms with Gasteiger partial charge in [0.15, 0.2) is 0 Å². The van der Waals surface area contributed by atoms with E-state index in [4.69, 9.17) is 4.74 Å². The Balaban J connectivity index is 1.64. The Morgan fingerprint density at radius 1 is 1.04 bits per heavy atom. The molecule has 0 aromatic heterocycles. The Kier molecular flexibility index (Phi) is 4.62. The molecule has 4 nitrogen and oxygen atoms in total. The molecule has 0 aliphatic heterocycles. The Hall–Kier alpha value is -0.850. The standard InChI is InChI=1S/C18H26F2O4S/c1-16(2,9-23-15(22)18(19,20)25)14(21)24-17(3)12-5-10-4-11(7-12)8-13(17)6-10/h10-13,25H,4-9H2,1-3H3. The molecule has 0 unspecified atom stereocenters. The van der Waals surface area contributed by atoms with Crippen LogP contribution in [0.1, 0.15) is 52.9 Å². The predicted molar refractivity (Wildman–Crippen MR) is 90.2 cm³/mol. The molecule has 0 N–H and O–H groups in total. The second kappa shape index (κ2) is 6.10. The van der Waals surface area contributed by atoms with Gasteiger partial charge in [-0.05, 0) is 76.5 Å². The van der Waals surface area contributed by atoms with Crippen molar-refractivity contribution in [3.05, 3.63) is 0 Å². The first-order chi connectivity index (χ1) is 11.4. The lowest BCUT2D eigenvalue weighted by Gasteiger charge is -2.59. The molecule has 0 radical (unpaired) electrons. The second-order valence-corrected chi connectivity index (χ2v) is 9.44. The first-order valence-electron chi connectivity index (χ1n) is 8.92. The smallest absolute Gasteiger partial charge is 0.388 e. The Morgan fingerprint density at radius 2 is 1.52 bits per heavy atom. The summed E-state index contributed by atoms with van der Waals surface area (Å²) in [5.41, 5.74) is -1.69. The third kappa shape index (κ3) is 3.53. The fourth-order valence-electron chi connectivity index (χ4n) is 5.02. The summed E-state index contributed by atoms with van der Waals surface area (Å²) in [7, 11) is 0. The van der Waals surface area contributed by atoms with Crippen molar-refractivity contribution in [3.63, 3.8) is 0 Å². The van der Waals surface area contributed by atoms with Gasteiger partial charge in [0.2, 0.25) is 0 Å². The predicted octanol–water partition coefficient (Wildman–Crippen LogP) is 3.84. The van der Waals surface area contributed by atoms with Crippen LogP contribution in [0.15, 0.2) is 0 Å². The molecule has 4 fully saturated rings. The van der Waals surface area contributed by atoms with Crippen molar-refractivity contribution in [2.24, 2.45) is 29.1 Å². The molecule has 0 saturated heterocycles. The number of alkyl halides is 2. The van der Waals surface area contributed by atoms with E-state index in [1.807, 2.05) is 6.92 Å². The number of carbonyl (C=O) groups is 2. The van der Waals surface area contributed by atoms with E-state index in [9.17, 15) is 18.4 Å². The van der Waals surface area contributed by atoms with Gasteiger partial charge in [0.05, 0.1) is 5.41 Å². The highest BCUT2D eigenvalue weighted by Crippen LogP contribution is 2.59. The molecular formula is C18H26F2O4S. The molecule has 25 heavy (non-hydrogen) atoms. The average molecular weight is 376 g/mol. The zero-order valence-electron chi connectivity index (χ0n) is 14.9. The molecule has 4 aliphatic carbocycles. The molecule has 7 heteroatoms. The minimum Gasteiger partial charge on any atom is -0.459 e. The van der Waals surface area contributed by atoms with Crippen LogP contribution in [-0.2, 0) is 19.1 Å². The van der Waals surface area contributed by atoms with Gasteiger partial charge in [0.25, 0.3) is 0 Å². The number of ether oxygens (including phenoxy) is 2. The van der Waals surface area contributed by atoms with Crippen molar-refractivity contribution < 1.29 is 27.8 Å². The van der Waals surface area contributed by atoms with Gasteiger partial charge in [-0.3, -0.25) is 4.79 Å². The van der Waals surface area contributed by atoms with Gasteiger partial charge in [0.1, 0.15) is 12.2 Å². The summed E-state index contributed by atoms with van der Waals surface area (Å²) in [6.45, 7) is 4.64. The number of rotatable bonds is 5. The second-order valence-electron chi connectivity index (χ2n) is 8.88. The number of thiol groups is 1. The van der Waals surface area contributed by atoms with Crippen LogP contribution < -0.4 is 0 Å². The van der Waals surface area contributed by atoms with Gasteiger partial charge in [-0.1, -0.05) is 12.6 Å². The third-order valence-corrected chi connectivity index (χ3v) is 6.62. The molecule has 4 aliphatic rings. The molecular weight excluding hydrogens is 350 g/mol. The highest BCUT2D eigenvalue weighted by Gasteiger charge is 2.57. The third-order valence-electron chi connectivity index (χ3n) is 6.43. The van der Waals surface area contributed by atoms with Crippen molar-refractivity contribution in [2.75, 3.05) is 6.61 Å². The van der Waals surface area contributed by atoms with E-state index in [1.54, 1.807) is 13.8 Å². The van der Waals surface area contributed by atoms with Crippen molar-refractivity contribution in [2.45, 2.75) is 63.7 Å². The molecule has 4 rings (SSSR count). The van der Waals surface area contributed by atoms with E-state index in [2.05, 4.69) is 17.4 Å². The van der Waals surface area contributed by atoms with E-state index in [-0.39, 0.29) is 0 Å². The van der Waals surface area contributed by atoms with Crippen molar-refractivity contribution >= 4 is 24.6 Å². The zero-order valence-corrected chi connectivity index (χ0v) is 15.8. The van der Waals surface area contributed by atoms with Crippen LogP contribution in [0, 0.1) is 29.1 Å². The molecule has 0 aromatic carbocycles. The van der Waals surface area contributed by atoms with E-state index in [0.29, 0.717) is 11.8 Å². The van der Waals surface area contributed by atoms with Gasteiger partial charge >= 0.3 is 17.2 Å². The Morgan fingerprint density at radius 3 is 1.96 bits per heavy atom. The van der Waals surface area contributed by atoms with E-state index < -0.39 is 34.8 Å². The van der Waals surface area contributed by atoms with Crippen LogP contribution in [0.3, 0.4) is 0 Å². The SMILES string of the molecule is CC(C)(COC(=O)C(F)(F)S)C(=O)OC1(C)C2CC3CC(C2)CC1C3. The Bertz CT molecular complexity index is 542. The molecule has 0 amide bonds. The number of halogens is 2. The molecule has 0 aromatic rings. The maximum absolute atomic E-state index is 12.8. The summed E-state index contributed by atoms with van der Waals surface area (Å²) < 4.78 is 36.1. The Labute approximate surface area is 152 Å². The number of carbonyl (C=O) groups excluding carboxylic acids is 2. The van der Waals surface area contributed by atoms with E-state index in [0.717, 1.165) is 37.5 Å². The van der Waals surface area contributed by atoms with E-state index >= 15 is 0 Å². The highest BCUT2D eigenvalue weighted by atomic mass is 32.1. The number of hydrogen-bond donors (Lipinski definition) is 1. The quantitative estimate of drug-likeness (QED) is 0.585. The van der Waals surface area contributed by atoms with Crippen LogP contribution in [0.5, 0.6) is 0 Å². The summed E-state index contributed by atoms with van der Waals surface area (Å²) in [6, 6.07) is 0. The first kappa shape index (κ1) is 18.9. The zero-order chi connectivity index (χ0) is 18.6. The van der Waals surface area contributed by atoms with Crippen LogP contribution >= 0.6 is 12.6 Å². The topological polar surface area (TPSA) is 52.6 Å². The number of esters is 2. The lowest BCUT2D eigenvalue weighted by atomic mass is 9.50. The largest absolute Gasteiger partial charge is 0.459 e. The lowest BCUT2D eigenvalue weighted by molar-refractivity contribution is -0.213. The molecule has 4 bridgehead atoms. The minimum atomic E-state index is -3.87. The fraction of sp³-hybridized carbons (Fsp3) is 0.889. The monoisotopic (exact) mass is 376 g/mol. The van der Waals surface area contributed by atoms with Gasteiger partial charge in [-0.15, -0.1) is 0 Å². The summed E-state index contributed by atoms with van der Waals surface area (Å²) >= 11 is 2.88. The number of hydrogen-bond acceptors (Lipinski definition) is 5. The minimum absolute atomic E-state index is 0.368. The van der Waals surface area contributed by atoms with Crippen molar-refractivity contribution in [1.29, 1.82) is 0 Å². The fourth-order valence-corrected chi connectivity index (χ4v) is 5.08. The average Bonchev–Trinajstić information content (AvgIpc) is 2.48. The van der Waals surface area contributed by atoms with Gasteiger partial charge in [-0.25, -0.2) is 4.79 Å². The van der Waals surface area contributed by atoms with Gasteiger partial charge in [-0.2, -0.15) is 8.78 Å². The van der Waals surface area contributed by atoms with Crippen LogP contribution in [0.25, 0.3) is 0 Å². The molecule has 0 atom stereocenters. The van der Waals surface area contributed by atoms with Gasteiger partial charge < -0.3 is 9.47 Å². The van der Waals surface area contributed by atoms with Crippen LogP contribution in [0.4, 0.5) is 8.78 Å². The maximum atomic E-state index is 12.8. The summed E-state index contributed by atoms with van der Waals surface area (Å²) in [5, 5.41) is -3.87. The maximum Gasteiger partial charge on any atom is 0.388 e. The summed E-state index contributed by atoms with van der Waals surface area (Å²) in [5.74, 6) is -0.0160. The normalized spacial score (nSPS) is 37.0.